The molecule has 0 aliphatic carbocycles. The second kappa shape index (κ2) is 3.61. The van der Waals surface area contributed by atoms with Crippen molar-refractivity contribution in [1.29, 1.82) is 0 Å². The average Bonchev–Trinajstić information content (AvgIpc) is 1.60. The molecule has 0 aliphatic heterocycles. The molecule has 0 bridgehead atoms. The summed E-state index contributed by atoms with van der Waals surface area (Å²) in [5.74, 6) is 0. The van der Waals surface area contributed by atoms with Crippen LogP contribution in [0.3, 0.4) is 0 Å². The molecule has 0 aliphatic rings. The van der Waals surface area contributed by atoms with E-state index in [2.05, 4.69) is 0 Å². The predicted octanol–water partition coefficient (Wildman–Crippen LogP) is 2.56. The fraction of sp³-hybridized carbons (Fsp3) is 1.00. The number of hydrogen-bond acceptors (Lipinski definition) is 2. The van der Waals surface area contributed by atoms with Crippen LogP contribution in [0.1, 0.15) is 20.8 Å². The van der Waals surface area contributed by atoms with Gasteiger partial charge < -0.3 is 4.52 Å². The summed E-state index contributed by atoms with van der Waals surface area (Å²) in [5.41, 5.74) is -0.384. The standard InChI is InChI=1S/C6H15FNOP/c1-6(2,3)9-10(7)8(4)5/h1-5H3. The second-order valence-corrected chi connectivity index (χ2v) is 4.71. The fourth-order valence-corrected chi connectivity index (χ4v) is 0.923. The van der Waals surface area contributed by atoms with Crippen molar-refractivity contribution in [2.75, 3.05) is 14.1 Å². The molecule has 0 radical (unpaired) electrons. The SMILES string of the molecule is CN(C)P(F)OC(C)(C)C. The van der Waals surface area contributed by atoms with Crippen molar-refractivity contribution < 1.29 is 8.72 Å². The first-order chi connectivity index (χ1) is 4.33. The maximum Gasteiger partial charge on any atom is 0.303 e. The molecule has 0 spiro atoms. The summed E-state index contributed by atoms with van der Waals surface area (Å²) in [6, 6.07) is 0. The Morgan fingerprint density at radius 2 is 1.70 bits per heavy atom. The highest BCUT2D eigenvalue weighted by Gasteiger charge is 2.20. The third kappa shape index (κ3) is 5.10. The van der Waals surface area contributed by atoms with Gasteiger partial charge in [0, 0.05) is 0 Å². The Morgan fingerprint density at radius 1 is 1.30 bits per heavy atom. The van der Waals surface area contributed by atoms with E-state index in [4.69, 9.17) is 4.52 Å². The molecule has 62 valence electrons. The van der Waals surface area contributed by atoms with Crippen molar-refractivity contribution in [1.82, 2.24) is 4.67 Å². The van der Waals surface area contributed by atoms with Crippen molar-refractivity contribution in [3.8, 4) is 0 Å². The zero-order valence-corrected chi connectivity index (χ0v) is 8.08. The summed E-state index contributed by atoms with van der Waals surface area (Å²) in [7, 11) is 1.43. The molecule has 0 aromatic heterocycles. The highest BCUT2D eigenvalue weighted by molar-refractivity contribution is 7.44. The minimum Gasteiger partial charge on any atom is -0.313 e. The van der Waals surface area contributed by atoms with Crippen LogP contribution in [0.4, 0.5) is 4.20 Å². The first kappa shape index (κ1) is 10.3. The Labute approximate surface area is 63.4 Å². The van der Waals surface area contributed by atoms with Gasteiger partial charge in [0.2, 0.25) is 0 Å². The Kier molecular flexibility index (Phi) is 3.71. The van der Waals surface area contributed by atoms with Crippen molar-refractivity contribution in [3.05, 3.63) is 0 Å². The average molecular weight is 167 g/mol. The van der Waals surface area contributed by atoms with Gasteiger partial charge in [-0.15, -0.1) is 0 Å². The third-order valence-electron chi connectivity index (χ3n) is 0.664. The van der Waals surface area contributed by atoms with Crippen molar-refractivity contribution in [3.63, 3.8) is 0 Å². The van der Waals surface area contributed by atoms with E-state index in [-0.39, 0.29) is 5.60 Å². The first-order valence-corrected chi connectivity index (χ1v) is 4.25. The maximum atomic E-state index is 12.8. The van der Waals surface area contributed by atoms with Crippen LogP contribution in [0.15, 0.2) is 0 Å². The summed E-state index contributed by atoms with van der Waals surface area (Å²) in [5, 5.41) is 0. The minimum absolute atomic E-state index is 0.384. The van der Waals surface area contributed by atoms with Crippen molar-refractivity contribution >= 4 is 8.61 Å². The predicted molar refractivity (Wildman–Crippen MR) is 42.6 cm³/mol. The molecule has 10 heavy (non-hydrogen) atoms. The molecule has 0 N–H and O–H groups in total. The van der Waals surface area contributed by atoms with E-state index in [0.717, 1.165) is 0 Å². The van der Waals surface area contributed by atoms with E-state index in [1.807, 2.05) is 20.8 Å². The fourth-order valence-electron chi connectivity index (χ4n) is 0.308. The van der Waals surface area contributed by atoms with Crippen LogP contribution in [-0.2, 0) is 4.52 Å². The Morgan fingerprint density at radius 3 is 1.80 bits per heavy atom. The quantitative estimate of drug-likeness (QED) is 0.586. The molecule has 1 atom stereocenters. The highest BCUT2D eigenvalue weighted by Crippen LogP contribution is 2.44. The van der Waals surface area contributed by atoms with Crippen molar-refractivity contribution in [2.24, 2.45) is 0 Å². The van der Waals surface area contributed by atoms with Crippen LogP contribution in [0.2, 0.25) is 0 Å². The van der Waals surface area contributed by atoms with Gasteiger partial charge in [0.1, 0.15) is 0 Å². The summed E-state index contributed by atoms with van der Waals surface area (Å²) >= 11 is 0. The molecule has 0 saturated carbocycles. The zero-order valence-electron chi connectivity index (χ0n) is 7.18. The molecule has 0 saturated heterocycles. The van der Waals surface area contributed by atoms with Gasteiger partial charge in [0.05, 0.1) is 5.60 Å². The van der Waals surface area contributed by atoms with Gasteiger partial charge in [-0.2, -0.15) is 4.20 Å². The number of halogens is 1. The summed E-state index contributed by atoms with van der Waals surface area (Å²) in [4.78, 5) is 0. The van der Waals surface area contributed by atoms with Gasteiger partial charge in [0.15, 0.2) is 0 Å². The van der Waals surface area contributed by atoms with Crippen LogP contribution in [0.5, 0.6) is 0 Å². The molecule has 0 heterocycles. The van der Waals surface area contributed by atoms with E-state index >= 15 is 0 Å². The Hall–Kier alpha value is 0.280. The van der Waals surface area contributed by atoms with E-state index in [9.17, 15) is 4.20 Å². The van der Waals surface area contributed by atoms with Gasteiger partial charge in [-0.3, -0.25) is 0 Å². The van der Waals surface area contributed by atoms with Gasteiger partial charge >= 0.3 is 8.61 Å². The molecule has 0 amide bonds. The molecule has 0 aromatic carbocycles. The van der Waals surface area contributed by atoms with Crippen molar-refractivity contribution in [2.45, 2.75) is 26.4 Å². The van der Waals surface area contributed by atoms with E-state index in [1.54, 1.807) is 14.1 Å². The number of rotatable bonds is 2. The molecule has 0 fully saturated rings. The van der Waals surface area contributed by atoms with E-state index in [1.165, 1.54) is 4.67 Å². The van der Waals surface area contributed by atoms with E-state index < -0.39 is 8.61 Å². The molecular formula is C6H15FNOP. The minimum atomic E-state index is -1.89. The van der Waals surface area contributed by atoms with Crippen LogP contribution in [0.25, 0.3) is 0 Å². The Bertz CT molecular complexity index is 102. The van der Waals surface area contributed by atoms with Gasteiger partial charge in [-0.1, -0.05) is 0 Å². The Balaban J connectivity index is 3.68. The lowest BCUT2D eigenvalue weighted by molar-refractivity contribution is 0.129. The summed E-state index contributed by atoms with van der Waals surface area (Å²) in [6.45, 7) is 5.52. The monoisotopic (exact) mass is 167 g/mol. The van der Waals surface area contributed by atoms with Crippen LogP contribution in [-0.4, -0.2) is 24.4 Å². The normalized spacial score (nSPS) is 15.9. The number of hydrogen-bond donors (Lipinski definition) is 0. The lowest BCUT2D eigenvalue weighted by Gasteiger charge is -2.24. The van der Waals surface area contributed by atoms with Crippen LogP contribution < -0.4 is 0 Å². The number of nitrogens with zero attached hydrogens (tertiary/aromatic N) is 1. The second-order valence-electron chi connectivity index (χ2n) is 3.28. The third-order valence-corrected chi connectivity index (χ3v) is 1.99. The maximum absolute atomic E-state index is 12.8. The summed E-state index contributed by atoms with van der Waals surface area (Å²) in [6.07, 6.45) is 0. The van der Waals surface area contributed by atoms with Crippen LogP contribution >= 0.6 is 8.61 Å². The highest BCUT2D eigenvalue weighted by atomic mass is 31.2. The van der Waals surface area contributed by atoms with Gasteiger partial charge in [0.25, 0.3) is 0 Å². The smallest absolute Gasteiger partial charge is 0.303 e. The molecule has 0 aromatic rings. The molecule has 1 unspecified atom stereocenters. The van der Waals surface area contributed by atoms with E-state index in [0.29, 0.717) is 0 Å². The molecule has 4 heteroatoms. The van der Waals surface area contributed by atoms with Gasteiger partial charge in [-0.25, -0.2) is 4.67 Å². The molecular weight excluding hydrogens is 152 g/mol. The van der Waals surface area contributed by atoms with Crippen LogP contribution in [0, 0.1) is 0 Å². The zero-order chi connectivity index (χ0) is 8.36. The van der Waals surface area contributed by atoms with Gasteiger partial charge in [-0.05, 0) is 34.9 Å². The first-order valence-electron chi connectivity index (χ1n) is 3.15. The molecule has 2 nitrogen and oxygen atoms in total. The lowest BCUT2D eigenvalue weighted by atomic mass is 10.2. The topological polar surface area (TPSA) is 12.5 Å². The summed E-state index contributed by atoms with van der Waals surface area (Å²) < 4.78 is 19.3. The largest absolute Gasteiger partial charge is 0.313 e. The molecule has 0 rings (SSSR count). The lowest BCUT2D eigenvalue weighted by Crippen LogP contribution is -2.18.